The van der Waals surface area contributed by atoms with Crippen LogP contribution in [0.15, 0.2) is 24.3 Å². The number of β-amino-alcohol motifs (C(OH)–C–C–N with tert-alkyl or cyclic N) is 1. The van der Waals surface area contributed by atoms with Crippen LogP contribution in [-0.4, -0.2) is 55.5 Å². The lowest BCUT2D eigenvalue weighted by molar-refractivity contribution is 0.0171. The van der Waals surface area contributed by atoms with Crippen LogP contribution in [0, 0.1) is 0 Å². The summed E-state index contributed by atoms with van der Waals surface area (Å²) in [5.41, 5.74) is 2.49. The number of nitrogens with one attached hydrogen (secondary N) is 1. The van der Waals surface area contributed by atoms with E-state index in [0.29, 0.717) is 13.1 Å². The average Bonchev–Trinajstić information content (AvgIpc) is 2.45. The summed E-state index contributed by atoms with van der Waals surface area (Å²) in [7, 11) is 0. The van der Waals surface area contributed by atoms with Crippen molar-refractivity contribution >= 4 is 5.69 Å². The van der Waals surface area contributed by atoms with Gasteiger partial charge in [-0.3, -0.25) is 4.90 Å². The highest BCUT2D eigenvalue weighted by molar-refractivity contribution is 5.54. The number of nitrogens with zero attached hydrogens (tertiary/aromatic N) is 1. The largest absolute Gasteiger partial charge is 0.390 e. The van der Waals surface area contributed by atoms with Gasteiger partial charge in [0.15, 0.2) is 0 Å². The van der Waals surface area contributed by atoms with E-state index >= 15 is 0 Å². The predicted octanol–water partition coefficient (Wildman–Crippen LogP) is 2.09. The maximum atomic E-state index is 10.2. The van der Waals surface area contributed by atoms with Crippen molar-refractivity contribution in [1.82, 2.24) is 4.90 Å². The molecule has 2 rings (SSSR count). The molecule has 0 aromatic heterocycles. The summed E-state index contributed by atoms with van der Waals surface area (Å²) in [6, 6.07) is 8.33. The summed E-state index contributed by atoms with van der Waals surface area (Å²) in [6.07, 6.45) is -0.365. The van der Waals surface area contributed by atoms with E-state index in [0.717, 1.165) is 32.0 Å². The number of morpholine rings is 1. The molecule has 2 N–H and O–H groups in total. The van der Waals surface area contributed by atoms with Gasteiger partial charge in [-0.1, -0.05) is 39.0 Å². The number of aliphatic hydroxyl groups excluding tert-OH is 1. The van der Waals surface area contributed by atoms with Crippen molar-refractivity contribution in [2.45, 2.75) is 32.3 Å². The van der Waals surface area contributed by atoms with Gasteiger partial charge in [-0.15, -0.1) is 0 Å². The highest BCUT2D eigenvalue weighted by Crippen LogP contribution is 2.29. The van der Waals surface area contributed by atoms with Gasteiger partial charge < -0.3 is 15.2 Å². The minimum atomic E-state index is -0.365. The Balaban J connectivity index is 1.87. The quantitative estimate of drug-likeness (QED) is 0.872. The van der Waals surface area contributed by atoms with Crippen molar-refractivity contribution in [3.8, 4) is 0 Å². The van der Waals surface area contributed by atoms with Crippen molar-refractivity contribution in [3.05, 3.63) is 29.8 Å². The van der Waals surface area contributed by atoms with E-state index in [1.165, 1.54) is 5.56 Å². The Labute approximate surface area is 128 Å². The van der Waals surface area contributed by atoms with Gasteiger partial charge in [-0.05, 0) is 17.0 Å². The summed E-state index contributed by atoms with van der Waals surface area (Å²) < 4.78 is 5.32. The van der Waals surface area contributed by atoms with E-state index in [9.17, 15) is 5.11 Å². The standard InChI is InChI=1S/C17H28N2O2/c1-17(2,3)15-6-4-5-7-16(15)18-12-14(20)13-19-8-10-21-11-9-19/h4-7,14,18,20H,8-13H2,1-3H3. The zero-order valence-corrected chi connectivity index (χ0v) is 13.4. The first-order valence-electron chi connectivity index (χ1n) is 7.78. The number of rotatable bonds is 5. The number of para-hydroxylation sites is 1. The van der Waals surface area contributed by atoms with E-state index in [4.69, 9.17) is 4.74 Å². The Morgan fingerprint density at radius 2 is 1.90 bits per heavy atom. The maximum absolute atomic E-state index is 10.2. The van der Waals surface area contributed by atoms with Crippen LogP contribution in [0.5, 0.6) is 0 Å². The monoisotopic (exact) mass is 292 g/mol. The van der Waals surface area contributed by atoms with Crippen molar-refractivity contribution < 1.29 is 9.84 Å². The number of hydrogen-bond donors (Lipinski definition) is 2. The molecule has 1 fully saturated rings. The third-order valence-electron chi connectivity index (χ3n) is 3.84. The molecule has 0 saturated carbocycles. The lowest BCUT2D eigenvalue weighted by Gasteiger charge is -2.29. The van der Waals surface area contributed by atoms with Crippen molar-refractivity contribution in [3.63, 3.8) is 0 Å². The molecule has 118 valence electrons. The molecule has 4 heteroatoms. The summed E-state index contributed by atoms with van der Waals surface area (Å²) in [5, 5.41) is 13.6. The van der Waals surface area contributed by atoms with Crippen LogP contribution in [0.3, 0.4) is 0 Å². The van der Waals surface area contributed by atoms with Crippen LogP contribution in [0.1, 0.15) is 26.3 Å². The van der Waals surface area contributed by atoms with Gasteiger partial charge in [0.2, 0.25) is 0 Å². The van der Waals surface area contributed by atoms with E-state index < -0.39 is 0 Å². The van der Waals surface area contributed by atoms with Gasteiger partial charge in [0, 0.05) is 31.9 Å². The minimum absolute atomic E-state index is 0.0960. The van der Waals surface area contributed by atoms with E-state index in [2.05, 4.69) is 49.2 Å². The Hall–Kier alpha value is -1.10. The molecule has 0 amide bonds. The molecule has 1 aliphatic rings. The second-order valence-corrected chi connectivity index (χ2v) is 6.74. The van der Waals surface area contributed by atoms with Crippen LogP contribution in [0.25, 0.3) is 0 Å². The minimum Gasteiger partial charge on any atom is -0.390 e. The summed E-state index contributed by atoms with van der Waals surface area (Å²) in [4.78, 5) is 2.26. The first kappa shape index (κ1) is 16.3. The summed E-state index contributed by atoms with van der Waals surface area (Å²) in [6.45, 7) is 11.3. The zero-order chi connectivity index (χ0) is 15.3. The summed E-state index contributed by atoms with van der Waals surface area (Å²) in [5.74, 6) is 0. The maximum Gasteiger partial charge on any atom is 0.0839 e. The van der Waals surface area contributed by atoms with E-state index in [1.54, 1.807) is 0 Å². The Morgan fingerprint density at radius 3 is 2.57 bits per heavy atom. The van der Waals surface area contributed by atoms with Crippen LogP contribution < -0.4 is 5.32 Å². The molecule has 1 aromatic rings. The van der Waals surface area contributed by atoms with Crippen molar-refractivity contribution in [2.24, 2.45) is 0 Å². The highest BCUT2D eigenvalue weighted by atomic mass is 16.5. The third kappa shape index (κ3) is 4.99. The van der Waals surface area contributed by atoms with Crippen molar-refractivity contribution in [1.29, 1.82) is 0 Å². The molecule has 1 aromatic carbocycles. The molecule has 1 aliphatic heterocycles. The molecule has 0 radical (unpaired) electrons. The molecule has 4 nitrogen and oxygen atoms in total. The van der Waals surface area contributed by atoms with Crippen LogP contribution in [0.4, 0.5) is 5.69 Å². The Kier molecular flexibility index (Phi) is 5.62. The van der Waals surface area contributed by atoms with Gasteiger partial charge in [-0.2, -0.15) is 0 Å². The van der Waals surface area contributed by atoms with Crippen LogP contribution in [0.2, 0.25) is 0 Å². The van der Waals surface area contributed by atoms with Crippen LogP contribution in [-0.2, 0) is 10.2 Å². The second-order valence-electron chi connectivity index (χ2n) is 6.74. The van der Waals surface area contributed by atoms with Crippen molar-refractivity contribution in [2.75, 3.05) is 44.7 Å². The van der Waals surface area contributed by atoms with Gasteiger partial charge >= 0.3 is 0 Å². The van der Waals surface area contributed by atoms with Gasteiger partial charge in [-0.25, -0.2) is 0 Å². The van der Waals surface area contributed by atoms with Gasteiger partial charge in [0.25, 0.3) is 0 Å². The summed E-state index contributed by atoms with van der Waals surface area (Å²) >= 11 is 0. The van der Waals surface area contributed by atoms with Crippen LogP contribution >= 0.6 is 0 Å². The topological polar surface area (TPSA) is 44.7 Å². The number of benzene rings is 1. The molecular weight excluding hydrogens is 264 g/mol. The fraction of sp³-hybridized carbons (Fsp3) is 0.647. The number of aliphatic hydroxyl groups is 1. The molecule has 0 aliphatic carbocycles. The van der Waals surface area contributed by atoms with Gasteiger partial charge in [0.05, 0.1) is 19.3 Å². The fourth-order valence-electron chi connectivity index (χ4n) is 2.67. The predicted molar refractivity (Wildman–Crippen MR) is 86.9 cm³/mol. The number of hydrogen-bond acceptors (Lipinski definition) is 4. The lowest BCUT2D eigenvalue weighted by atomic mass is 9.86. The molecule has 1 saturated heterocycles. The average molecular weight is 292 g/mol. The van der Waals surface area contributed by atoms with E-state index in [1.807, 2.05) is 6.07 Å². The van der Waals surface area contributed by atoms with E-state index in [-0.39, 0.29) is 11.5 Å². The molecular formula is C17H28N2O2. The SMILES string of the molecule is CC(C)(C)c1ccccc1NCC(O)CN1CCOCC1. The molecule has 1 heterocycles. The van der Waals surface area contributed by atoms with Gasteiger partial charge in [0.1, 0.15) is 0 Å². The smallest absolute Gasteiger partial charge is 0.0839 e. The Bertz CT molecular complexity index is 437. The Morgan fingerprint density at radius 1 is 1.24 bits per heavy atom. The third-order valence-corrected chi connectivity index (χ3v) is 3.84. The highest BCUT2D eigenvalue weighted by Gasteiger charge is 2.18. The first-order chi connectivity index (χ1) is 9.97. The molecule has 0 bridgehead atoms. The number of anilines is 1. The second kappa shape index (κ2) is 7.25. The lowest BCUT2D eigenvalue weighted by Crippen LogP contribution is -2.42. The fourth-order valence-corrected chi connectivity index (χ4v) is 2.67. The number of ether oxygens (including phenoxy) is 1. The molecule has 1 atom stereocenters. The normalized spacial score (nSPS) is 18.5. The molecule has 1 unspecified atom stereocenters. The zero-order valence-electron chi connectivity index (χ0n) is 13.4. The first-order valence-corrected chi connectivity index (χ1v) is 7.78. The molecule has 0 spiro atoms. The molecule has 21 heavy (non-hydrogen) atoms.